The molecule has 0 amide bonds. The topological polar surface area (TPSA) is 20.2 Å². The molecule has 1 N–H and O–H groups in total. The standard InChI is InChI=1S/C16H24OS/c17-15(11-12-5-2-1-3-6-12)13-7-4-8-16-14(13)9-10-18-16/h9-10,12-13,15,17H,1-8,11H2. The minimum Gasteiger partial charge on any atom is -0.392 e. The second-order valence-electron chi connectivity index (χ2n) is 6.10. The van der Waals surface area contributed by atoms with Crippen LogP contribution >= 0.6 is 11.3 Å². The minimum absolute atomic E-state index is 0.0956. The highest BCUT2D eigenvalue weighted by molar-refractivity contribution is 7.10. The molecule has 0 aromatic carbocycles. The summed E-state index contributed by atoms with van der Waals surface area (Å²) in [4.78, 5) is 1.54. The van der Waals surface area contributed by atoms with Crippen molar-refractivity contribution in [3.05, 3.63) is 21.9 Å². The number of thiophene rings is 1. The lowest BCUT2D eigenvalue weighted by Gasteiger charge is -2.31. The van der Waals surface area contributed by atoms with E-state index in [1.807, 2.05) is 11.3 Å². The number of aryl methyl sites for hydroxylation is 1. The Morgan fingerprint density at radius 2 is 2.00 bits per heavy atom. The Morgan fingerprint density at radius 3 is 2.83 bits per heavy atom. The summed E-state index contributed by atoms with van der Waals surface area (Å²) in [5.74, 6) is 1.22. The van der Waals surface area contributed by atoms with E-state index in [4.69, 9.17) is 0 Å². The van der Waals surface area contributed by atoms with Gasteiger partial charge in [0.1, 0.15) is 0 Å². The van der Waals surface area contributed by atoms with Crippen molar-refractivity contribution in [1.29, 1.82) is 0 Å². The summed E-state index contributed by atoms with van der Waals surface area (Å²) in [7, 11) is 0. The number of fused-ring (bicyclic) bond motifs is 1. The van der Waals surface area contributed by atoms with E-state index in [2.05, 4.69) is 11.4 Å². The largest absolute Gasteiger partial charge is 0.392 e. The molecule has 1 nitrogen and oxygen atoms in total. The van der Waals surface area contributed by atoms with E-state index in [1.165, 1.54) is 61.8 Å². The van der Waals surface area contributed by atoms with Crippen LogP contribution in [0.1, 0.15) is 67.7 Å². The zero-order valence-electron chi connectivity index (χ0n) is 11.1. The number of hydrogen-bond acceptors (Lipinski definition) is 2. The van der Waals surface area contributed by atoms with Crippen LogP contribution in [-0.4, -0.2) is 11.2 Å². The van der Waals surface area contributed by atoms with Crippen LogP contribution in [0, 0.1) is 5.92 Å². The number of rotatable bonds is 3. The summed E-state index contributed by atoms with van der Waals surface area (Å²) < 4.78 is 0. The molecule has 3 rings (SSSR count). The van der Waals surface area contributed by atoms with Crippen LogP contribution in [0.25, 0.3) is 0 Å². The van der Waals surface area contributed by atoms with Crippen molar-refractivity contribution < 1.29 is 5.11 Å². The average molecular weight is 264 g/mol. The second-order valence-corrected chi connectivity index (χ2v) is 7.11. The van der Waals surface area contributed by atoms with E-state index in [0.29, 0.717) is 5.92 Å². The molecule has 2 aliphatic carbocycles. The predicted octanol–water partition coefficient (Wildman–Crippen LogP) is 4.50. The third kappa shape index (κ3) is 2.65. The molecule has 18 heavy (non-hydrogen) atoms. The molecule has 0 spiro atoms. The van der Waals surface area contributed by atoms with Crippen molar-refractivity contribution in [2.45, 2.75) is 69.8 Å². The first-order valence-electron chi connectivity index (χ1n) is 7.59. The Morgan fingerprint density at radius 1 is 1.17 bits per heavy atom. The molecule has 1 aromatic heterocycles. The van der Waals surface area contributed by atoms with Crippen molar-refractivity contribution in [3.8, 4) is 0 Å². The maximum absolute atomic E-state index is 10.6. The highest BCUT2D eigenvalue weighted by atomic mass is 32.1. The molecule has 2 heteroatoms. The second kappa shape index (κ2) is 5.75. The zero-order valence-corrected chi connectivity index (χ0v) is 11.9. The normalized spacial score (nSPS) is 26.8. The molecule has 1 fully saturated rings. The lowest BCUT2D eigenvalue weighted by Crippen LogP contribution is -2.25. The zero-order chi connectivity index (χ0) is 12.4. The maximum Gasteiger partial charge on any atom is 0.0611 e. The van der Waals surface area contributed by atoms with Crippen LogP contribution in [0.3, 0.4) is 0 Å². The van der Waals surface area contributed by atoms with E-state index in [0.717, 1.165) is 12.3 Å². The Hall–Kier alpha value is -0.340. The quantitative estimate of drug-likeness (QED) is 0.852. The lowest BCUT2D eigenvalue weighted by atomic mass is 9.78. The molecule has 2 atom stereocenters. The molecular formula is C16H24OS. The Bertz CT molecular complexity index is 378. The smallest absolute Gasteiger partial charge is 0.0611 e. The molecule has 1 saturated carbocycles. The van der Waals surface area contributed by atoms with Crippen LogP contribution < -0.4 is 0 Å². The van der Waals surface area contributed by atoms with E-state index < -0.39 is 0 Å². The molecule has 0 radical (unpaired) electrons. The summed E-state index contributed by atoms with van der Waals surface area (Å²) in [6, 6.07) is 2.26. The Balaban J connectivity index is 1.64. The molecule has 0 bridgehead atoms. The minimum atomic E-state index is -0.0956. The SMILES string of the molecule is OC(CC1CCCCC1)C1CCCc2sccc21. The molecule has 100 valence electrons. The number of aliphatic hydroxyl groups is 1. The van der Waals surface area contributed by atoms with Crippen molar-refractivity contribution in [2.75, 3.05) is 0 Å². The van der Waals surface area contributed by atoms with Crippen LogP contribution in [0.15, 0.2) is 11.4 Å². The molecule has 0 saturated heterocycles. The third-order valence-electron chi connectivity index (χ3n) is 4.86. The molecule has 0 aliphatic heterocycles. The summed E-state index contributed by atoms with van der Waals surface area (Å²) in [6.45, 7) is 0. The fourth-order valence-electron chi connectivity index (χ4n) is 3.85. The van der Waals surface area contributed by atoms with Gasteiger partial charge in [-0.1, -0.05) is 32.1 Å². The Kier molecular flexibility index (Phi) is 4.05. The van der Waals surface area contributed by atoms with Gasteiger partial charge in [0.05, 0.1) is 6.10 Å². The Labute approximate surface area is 114 Å². The van der Waals surface area contributed by atoms with Crippen LogP contribution in [0.2, 0.25) is 0 Å². The van der Waals surface area contributed by atoms with Crippen LogP contribution in [0.5, 0.6) is 0 Å². The van der Waals surface area contributed by atoms with Crippen molar-refractivity contribution in [2.24, 2.45) is 5.92 Å². The molecule has 2 aliphatic rings. The van der Waals surface area contributed by atoms with Crippen LogP contribution in [0.4, 0.5) is 0 Å². The highest BCUT2D eigenvalue weighted by Crippen LogP contribution is 2.39. The molecule has 1 heterocycles. The maximum atomic E-state index is 10.6. The van der Waals surface area contributed by atoms with E-state index in [-0.39, 0.29) is 6.10 Å². The predicted molar refractivity (Wildman–Crippen MR) is 77.2 cm³/mol. The number of hydrogen-bond donors (Lipinski definition) is 1. The highest BCUT2D eigenvalue weighted by Gasteiger charge is 2.29. The first-order valence-corrected chi connectivity index (χ1v) is 8.47. The fraction of sp³-hybridized carbons (Fsp3) is 0.750. The van der Waals surface area contributed by atoms with Crippen molar-refractivity contribution >= 4 is 11.3 Å². The van der Waals surface area contributed by atoms with Crippen molar-refractivity contribution in [3.63, 3.8) is 0 Å². The average Bonchev–Trinajstić information content (AvgIpc) is 2.87. The lowest BCUT2D eigenvalue weighted by molar-refractivity contribution is 0.0974. The fourth-order valence-corrected chi connectivity index (χ4v) is 4.85. The summed E-state index contributed by atoms with van der Waals surface area (Å²) >= 11 is 1.88. The van der Waals surface area contributed by atoms with E-state index in [1.54, 1.807) is 0 Å². The number of aliphatic hydroxyl groups excluding tert-OH is 1. The monoisotopic (exact) mass is 264 g/mol. The van der Waals surface area contributed by atoms with Gasteiger partial charge >= 0.3 is 0 Å². The van der Waals surface area contributed by atoms with Crippen LogP contribution in [-0.2, 0) is 6.42 Å². The summed E-state index contributed by atoms with van der Waals surface area (Å²) in [5.41, 5.74) is 1.47. The first kappa shape index (κ1) is 12.7. The van der Waals surface area contributed by atoms with Gasteiger partial charge in [-0.15, -0.1) is 11.3 Å². The van der Waals surface area contributed by atoms with Gasteiger partial charge in [-0.3, -0.25) is 0 Å². The molecule has 2 unspecified atom stereocenters. The van der Waals surface area contributed by atoms with Gasteiger partial charge in [0, 0.05) is 10.8 Å². The third-order valence-corrected chi connectivity index (χ3v) is 5.86. The molecule has 1 aromatic rings. The van der Waals surface area contributed by atoms with Gasteiger partial charge in [-0.2, -0.15) is 0 Å². The summed E-state index contributed by atoms with van der Waals surface area (Å²) in [6.07, 6.45) is 11.5. The van der Waals surface area contributed by atoms with Gasteiger partial charge in [-0.25, -0.2) is 0 Å². The van der Waals surface area contributed by atoms with Crippen molar-refractivity contribution in [1.82, 2.24) is 0 Å². The van der Waals surface area contributed by atoms with E-state index >= 15 is 0 Å². The first-order chi connectivity index (χ1) is 8.84. The van der Waals surface area contributed by atoms with E-state index in [9.17, 15) is 5.11 Å². The van der Waals surface area contributed by atoms with Gasteiger partial charge < -0.3 is 5.11 Å². The van der Waals surface area contributed by atoms with Gasteiger partial charge in [0.15, 0.2) is 0 Å². The van der Waals surface area contributed by atoms with Gasteiger partial charge in [0.2, 0.25) is 0 Å². The van der Waals surface area contributed by atoms with Gasteiger partial charge in [-0.05, 0) is 48.6 Å². The summed E-state index contributed by atoms with van der Waals surface area (Å²) in [5, 5.41) is 12.8. The molecular weight excluding hydrogens is 240 g/mol. The van der Waals surface area contributed by atoms with Gasteiger partial charge in [0.25, 0.3) is 0 Å².